The summed E-state index contributed by atoms with van der Waals surface area (Å²) in [7, 11) is 0. The third-order valence-corrected chi connectivity index (χ3v) is 4.29. The zero-order valence-corrected chi connectivity index (χ0v) is 12.7. The highest BCUT2D eigenvalue weighted by Gasteiger charge is 2.22. The molecular weight excluding hydrogens is 280 g/mol. The van der Waals surface area contributed by atoms with Gasteiger partial charge in [-0.2, -0.15) is 0 Å². The van der Waals surface area contributed by atoms with Crippen LogP contribution in [0.3, 0.4) is 0 Å². The van der Waals surface area contributed by atoms with Gasteiger partial charge in [0.15, 0.2) is 0 Å². The predicted molar refractivity (Wildman–Crippen MR) is 83.4 cm³/mol. The van der Waals surface area contributed by atoms with E-state index in [1.165, 1.54) is 11.1 Å². The van der Waals surface area contributed by atoms with Gasteiger partial charge in [0.1, 0.15) is 5.52 Å². The molecule has 1 saturated heterocycles. The molecule has 1 amide bonds. The lowest BCUT2D eigenvalue weighted by atomic mass is 10.0. The van der Waals surface area contributed by atoms with Crippen LogP contribution in [0.1, 0.15) is 32.6 Å². The summed E-state index contributed by atoms with van der Waals surface area (Å²) in [4.78, 5) is 26.6. The number of carbonyl (C=O) groups excluding carboxylic acids is 1. The minimum absolute atomic E-state index is 0.0917. The Kier molecular flexibility index (Phi) is 4.18. The van der Waals surface area contributed by atoms with Gasteiger partial charge in [0, 0.05) is 19.0 Å². The third kappa shape index (κ3) is 2.86. The fraction of sp³-hybridized carbons (Fsp3) is 0.500. The van der Waals surface area contributed by atoms with Crippen LogP contribution < -0.4 is 5.56 Å². The number of hydrogen-bond donors (Lipinski definition) is 0. The summed E-state index contributed by atoms with van der Waals surface area (Å²) >= 11 is 0. The number of benzene rings is 1. The number of nitrogens with zero attached hydrogens (tertiary/aromatic N) is 4. The van der Waals surface area contributed by atoms with Gasteiger partial charge in [-0.15, -0.1) is 5.10 Å². The van der Waals surface area contributed by atoms with Crippen LogP contribution in [-0.4, -0.2) is 38.4 Å². The Morgan fingerprint density at radius 1 is 1.32 bits per heavy atom. The molecule has 1 aliphatic rings. The molecule has 1 aromatic heterocycles. The topological polar surface area (TPSA) is 68.1 Å². The number of aryl methyl sites for hydroxylation is 1. The monoisotopic (exact) mass is 300 g/mol. The fourth-order valence-corrected chi connectivity index (χ4v) is 2.98. The zero-order chi connectivity index (χ0) is 15.5. The van der Waals surface area contributed by atoms with E-state index in [0.717, 1.165) is 19.4 Å². The fourth-order valence-electron chi connectivity index (χ4n) is 2.98. The number of hydrogen-bond acceptors (Lipinski definition) is 4. The largest absolute Gasteiger partial charge is 0.340 e. The highest BCUT2D eigenvalue weighted by atomic mass is 16.2. The smallest absolute Gasteiger partial charge is 0.277 e. The third-order valence-electron chi connectivity index (χ3n) is 4.29. The average Bonchev–Trinajstić information content (AvgIpc) is 2.55. The SMILES string of the molecule is CC1CCCCN1C(=O)CCn1nnc2ccccc2c1=O. The van der Waals surface area contributed by atoms with Crippen molar-refractivity contribution in [3.05, 3.63) is 34.6 Å². The summed E-state index contributed by atoms with van der Waals surface area (Å²) in [5.41, 5.74) is 0.393. The normalized spacial score (nSPS) is 18.6. The molecule has 0 spiro atoms. The Labute approximate surface area is 128 Å². The van der Waals surface area contributed by atoms with Gasteiger partial charge in [-0.25, -0.2) is 4.68 Å². The van der Waals surface area contributed by atoms with E-state index in [2.05, 4.69) is 17.2 Å². The van der Waals surface area contributed by atoms with E-state index in [9.17, 15) is 9.59 Å². The average molecular weight is 300 g/mol. The van der Waals surface area contributed by atoms with Gasteiger partial charge in [0.25, 0.3) is 5.56 Å². The standard InChI is InChI=1S/C16H20N4O2/c1-12-6-4-5-10-19(12)15(21)9-11-20-16(22)13-7-2-3-8-14(13)17-18-20/h2-3,7-8,12H,4-6,9-11H2,1H3. The number of piperidine rings is 1. The van der Waals surface area contributed by atoms with Crippen molar-refractivity contribution in [2.75, 3.05) is 6.54 Å². The summed E-state index contributed by atoms with van der Waals surface area (Å²) in [6.45, 7) is 3.18. The van der Waals surface area contributed by atoms with Crippen molar-refractivity contribution >= 4 is 16.8 Å². The highest BCUT2D eigenvalue weighted by Crippen LogP contribution is 2.17. The van der Waals surface area contributed by atoms with E-state index in [1.54, 1.807) is 18.2 Å². The molecule has 22 heavy (non-hydrogen) atoms. The van der Waals surface area contributed by atoms with Gasteiger partial charge in [0.05, 0.1) is 11.9 Å². The minimum Gasteiger partial charge on any atom is -0.340 e. The van der Waals surface area contributed by atoms with Gasteiger partial charge < -0.3 is 4.90 Å². The highest BCUT2D eigenvalue weighted by molar-refractivity contribution is 5.77. The second kappa shape index (κ2) is 6.25. The lowest BCUT2D eigenvalue weighted by molar-refractivity contribution is -0.134. The molecule has 0 aliphatic carbocycles. The number of aromatic nitrogens is 3. The van der Waals surface area contributed by atoms with Crippen molar-refractivity contribution < 1.29 is 4.79 Å². The molecule has 0 radical (unpaired) electrons. The van der Waals surface area contributed by atoms with E-state index in [4.69, 9.17) is 0 Å². The van der Waals surface area contributed by atoms with Gasteiger partial charge in [0.2, 0.25) is 5.91 Å². The van der Waals surface area contributed by atoms with Crippen molar-refractivity contribution in [2.45, 2.75) is 45.2 Å². The van der Waals surface area contributed by atoms with Crippen molar-refractivity contribution in [3.63, 3.8) is 0 Å². The molecule has 0 bridgehead atoms. The number of likely N-dealkylation sites (tertiary alicyclic amines) is 1. The van der Waals surface area contributed by atoms with Crippen LogP contribution in [0.2, 0.25) is 0 Å². The molecule has 0 N–H and O–H groups in total. The number of fused-ring (bicyclic) bond motifs is 1. The molecule has 6 heteroatoms. The summed E-state index contributed by atoms with van der Waals surface area (Å²) in [6.07, 6.45) is 3.59. The maximum Gasteiger partial charge on any atom is 0.277 e. The molecule has 0 saturated carbocycles. The van der Waals surface area contributed by atoms with E-state index in [-0.39, 0.29) is 24.4 Å². The van der Waals surface area contributed by atoms with Crippen LogP contribution in [0.4, 0.5) is 0 Å². The van der Waals surface area contributed by atoms with Gasteiger partial charge in [-0.3, -0.25) is 9.59 Å². The summed E-state index contributed by atoms with van der Waals surface area (Å²) in [5, 5.41) is 8.50. The molecule has 1 unspecified atom stereocenters. The molecule has 2 aromatic rings. The summed E-state index contributed by atoms with van der Waals surface area (Å²) in [5.74, 6) is 0.0917. The molecule has 3 rings (SSSR count). The van der Waals surface area contributed by atoms with Crippen LogP contribution in [0.25, 0.3) is 10.9 Å². The van der Waals surface area contributed by atoms with Crippen molar-refractivity contribution in [1.29, 1.82) is 0 Å². The first-order chi connectivity index (χ1) is 10.7. The molecule has 6 nitrogen and oxygen atoms in total. The van der Waals surface area contributed by atoms with Crippen molar-refractivity contribution in [1.82, 2.24) is 19.9 Å². The second-order valence-electron chi connectivity index (χ2n) is 5.82. The predicted octanol–water partition coefficient (Wildman–Crippen LogP) is 1.58. The molecule has 1 aromatic carbocycles. The van der Waals surface area contributed by atoms with Crippen LogP contribution in [0.15, 0.2) is 29.1 Å². The van der Waals surface area contributed by atoms with Gasteiger partial charge >= 0.3 is 0 Å². The van der Waals surface area contributed by atoms with E-state index >= 15 is 0 Å². The molecule has 1 aliphatic heterocycles. The first kappa shape index (κ1) is 14.7. The first-order valence-electron chi connectivity index (χ1n) is 7.79. The van der Waals surface area contributed by atoms with E-state index < -0.39 is 0 Å². The van der Waals surface area contributed by atoms with Crippen molar-refractivity contribution in [2.24, 2.45) is 0 Å². The first-order valence-corrected chi connectivity index (χ1v) is 7.79. The number of carbonyl (C=O) groups is 1. The van der Waals surface area contributed by atoms with Gasteiger partial charge in [-0.1, -0.05) is 17.3 Å². The maximum atomic E-state index is 12.3. The number of rotatable bonds is 3. The van der Waals surface area contributed by atoms with Gasteiger partial charge in [-0.05, 0) is 38.3 Å². The zero-order valence-electron chi connectivity index (χ0n) is 12.7. The lowest BCUT2D eigenvalue weighted by Crippen LogP contribution is -2.42. The number of amides is 1. The minimum atomic E-state index is -0.190. The van der Waals surface area contributed by atoms with Crippen LogP contribution in [0.5, 0.6) is 0 Å². The Morgan fingerprint density at radius 3 is 2.95 bits per heavy atom. The summed E-state index contributed by atoms with van der Waals surface area (Å²) < 4.78 is 1.29. The Bertz CT molecular complexity index is 740. The molecular formula is C16H20N4O2. The van der Waals surface area contributed by atoms with Crippen LogP contribution in [0, 0.1) is 0 Å². The van der Waals surface area contributed by atoms with Crippen molar-refractivity contribution in [3.8, 4) is 0 Å². The Morgan fingerprint density at radius 2 is 2.14 bits per heavy atom. The van der Waals surface area contributed by atoms with Crippen LogP contribution >= 0.6 is 0 Å². The summed E-state index contributed by atoms with van der Waals surface area (Å²) in [6, 6.07) is 7.41. The molecule has 116 valence electrons. The maximum absolute atomic E-state index is 12.3. The Hall–Kier alpha value is -2.24. The quantitative estimate of drug-likeness (QED) is 0.863. The lowest BCUT2D eigenvalue weighted by Gasteiger charge is -2.33. The molecule has 1 fully saturated rings. The Balaban J connectivity index is 1.72. The van der Waals surface area contributed by atoms with E-state index in [1.807, 2.05) is 11.0 Å². The molecule has 2 heterocycles. The van der Waals surface area contributed by atoms with E-state index in [0.29, 0.717) is 16.9 Å². The van der Waals surface area contributed by atoms with Crippen LogP contribution in [-0.2, 0) is 11.3 Å². The molecule has 1 atom stereocenters. The second-order valence-corrected chi connectivity index (χ2v) is 5.82.